The molecule has 110 valence electrons. The average molecular weight is 324 g/mol. The molecular formula is C13H14ClN5OS. The Morgan fingerprint density at radius 3 is 2.90 bits per heavy atom. The van der Waals surface area contributed by atoms with E-state index in [9.17, 15) is 4.79 Å². The van der Waals surface area contributed by atoms with Crippen molar-refractivity contribution in [2.75, 3.05) is 11.4 Å². The topological polar surface area (TPSA) is 63.9 Å². The van der Waals surface area contributed by atoms with E-state index in [0.29, 0.717) is 16.7 Å². The number of tetrazole rings is 1. The van der Waals surface area contributed by atoms with Gasteiger partial charge in [-0.1, -0.05) is 35.5 Å². The van der Waals surface area contributed by atoms with E-state index in [0.717, 1.165) is 18.5 Å². The number of para-hydroxylation sites is 1. The molecule has 1 fully saturated rings. The molecule has 1 aromatic carbocycles. The van der Waals surface area contributed by atoms with Crippen LogP contribution in [0.5, 0.6) is 0 Å². The Hall–Kier alpha value is -1.60. The molecule has 21 heavy (non-hydrogen) atoms. The van der Waals surface area contributed by atoms with Crippen LogP contribution in [0.25, 0.3) is 0 Å². The van der Waals surface area contributed by atoms with Crippen LogP contribution in [0.1, 0.15) is 12.8 Å². The van der Waals surface area contributed by atoms with E-state index in [2.05, 4.69) is 15.5 Å². The van der Waals surface area contributed by atoms with Crippen molar-refractivity contribution in [3.63, 3.8) is 0 Å². The van der Waals surface area contributed by atoms with Crippen LogP contribution >= 0.6 is 23.4 Å². The lowest BCUT2D eigenvalue weighted by molar-refractivity contribution is -0.119. The molecule has 1 atom stereocenters. The summed E-state index contributed by atoms with van der Waals surface area (Å²) in [5.41, 5.74) is 0.769. The lowest BCUT2D eigenvalue weighted by atomic mass is 10.1. The second kappa shape index (κ2) is 6.03. The quantitative estimate of drug-likeness (QED) is 0.866. The van der Waals surface area contributed by atoms with Gasteiger partial charge in [0.25, 0.3) is 0 Å². The predicted octanol–water partition coefficient (Wildman–Crippen LogP) is 2.15. The fraction of sp³-hybridized carbons (Fsp3) is 0.385. The van der Waals surface area contributed by atoms with Gasteiger partial charge in [0, 0.05) is 13.6 Å². The number of carbonyl (C=O) groups is 1. The molecule has 6 nitrogen and oxygen atoms in total. The Morgan fingerprint density at radius 2 is 2.19 bits per heavy atom. The van der Waals surface area contributed by atoms with E-state index in [1.807, 2.05) is 18.2 Å². The van der Waals surface area contributed by atoms with Crippen LogP contribution in [0.4, 0.5) is 5.69 Å². The summed E-state index contributed by atoms with van der Waals surface area (Å²) < 4.78 is 1.58. The number of hydrogen-bond donors (Lipinski definition) is 0. The number of rotatable bonds is 3. The van der Waals surface area contributed by atoms with Crippen molar-refractivity contribution in [2.45, 2.75) is 23.2 Å². The summed E-state index contributed by atoms with van der Waals surface area (Å²) >= 11 is 7.60. The number of halogens is 1. The second-order valence-corrected chi connectivity index (χ2v) is 6.35. The maximum Gasteiger partial charge on any atom is 0.240 e. The number of hydrogen-bond acceptors (Lipinski definition) is 5. The minimum absolute atomic E-state index is 0.0577. The minimum atomic E-state index is -0.181. The fourth-order valence-corrected chi connectivity index (χ4v) is 3.59. The molecule has 2 aromatic rings. The van der Waals surface area contributed by atoms with Crippen molar-refractivity contribution in [3.8, 4) is 0 Å². The summed E-state index contributed by atoms with van der Waals surface area (Å²) in [4.78, 5) is 14.4. The summed E-state index contributed by atoms with van der Waals surface area (Å²) in [6.07, 6.45) is 1.75. The van der Waals surface area contributed by atoms with Crippen molar-refractivity contribution in [2.24, 2.45) is 7.05 Å². The van der Waals surface area contributed by atoms with Gasteiger partial charge in [0.05, 0.1) is 16.0 Å². The molecule has 1 saturated heterocycles. The van der Waals surface area contributed by atoms with Gasteiger partial charge in [0.2, 0.25) is 11.1 Å². The van der Waals surface area contributed by atoms with Gasteiger partial charge >= 0.3 is 0 Å². The average Bonchev–Trinajstić information content (AvgIpc) is 2.88. The third kappa shape index (κ3) is 2.89. The lowest BCUT2D eigenvalue weighted by Crippen LogP contribution is -2.43. The van der Waals surface area contributed by atoms with Crippen molar-refractivity contribution in [3.05, 3.63) is 29.3 Å². The van der Waals surface area contributed by atoms with Gasteiger partial charge in [0.1, 0.15) is 0 Å². The number of nitrogens with zero attached hydrogens (tertiary/aromatic N) is 5. The highest BCUT2D eigenvalue weighted by molar-refractivity contribution is 8.00. The number of benzene rings is 1. The number of aryl methyl sites for hydroxylation is 1. The monoisotopic (exact) mass is 323 g/mol. The zero-order valence-electron chi connectivity index (χ0n) is 11.4. The zero-order valence-corrected chi connectivity index (χ0v) is 13.0. The van der Waals surface area contributed by atoms with E-state index in [1.54, 1.807) is 22.7 Å². The van der Waals surface area contributed by atoms with Crippen LogP contribution in [0.2, 0.25) is 5.02 Å². The van der Waals surface area contributed by atoms with Gasteiger partial charge in [-0.15, -0.1) is 5.10 Å². The Kier molecular flexibility index (Phi) is 4.12. The maximum absolute atomic E-state index is 12.7. The highest BCUT2D eigenvalue weighted by Gasteiger charge is 2.32. The number of aromatic nitrogens is 4. The Bertz CT molecular complexity index is 662. The molecule has 0 aliphatic carbocycles. The van der Waals surface area contributed by atoms with Crippen LogP contribution in [-0.4, -0.2) is 37.9 Å². The highest BCUT2D eigenvalue weighted by Crippen LogP contribution is 2.33. The molecule has 1 aliphatic rings. The zero-order chi connectivity index (χ0) is 14.8. The van der Waals surface area contributed by atoms with E-state index < -0.39 is 0 Å². The summed E-state index contributed by atoms with van der Waals surface area (Å²) in [5, 5.41) is 12.4. The number of anilines is 1. The molecule has 0 spiro atoms. The number of carbonyl (C=O) groups excluding carboxylic acids is 1. The minimum Gasteiger partial charge on any atom is -0.310 e. The highest BCUT2D eigenvalue weighted by atomic mass is 35.5. The number of piperidine rings is 1. The fourth-order valence-electron chi connectivity index (χ4n) is 2.31. The van der Waals surface area contributed by atoms with Crippen LogP contribution in [-0.2, 0) is 11.8 Å². The first-order valence-corrected chi connectivity index (χ1v) is 7.87. The molecule has 1 amide bonds. The second-order valence-electron chi connectivity index (χ2n) is 4.78. The molecule has 0 unspecified atom stereocenters. The Labute approximate surface area is 131 Å². The largest absolute Gasteiger partial charge is 0.310 e. The molecule has 0 N–H and O–H groups in total. The van der Waals surface area contributed by atoms with E-state index in [1.165, 1.54) is 11.8 Å². The molecule has 0 saturated carbocycles. The molecular weight excluding hydrogens is 310 g/mol. The SMILES string of the molecule is Cn1nnnc1S[C@H]1CCCN(c2ccccc2Cl)C1=O. The molecule has 1 aliphatic heterocycles. The molecule has 3 rings (SSSR count). The maximum atomic E-state index is 12.7. The van der Waals surface area contributed by atoms with Crippen molar-refractivity contribution < 1.29 is 4.79 Å². The third-order valence-corrected chi connectivity index (χ3v) is 4.96. The first-order valence-electron chi connectivity index (χ1n) is 6.62. The standard InChI is InChI=1S/C13H14ClN5OS/c1-18-13(15-16-17-18)21-11-7-4-8-19(12(11)20)10-6-3-2-5-9(10)14/h2-3,5-6,11H,4,7-8H2,1H3/t11-/m0/s1. The number of thioether (sulfide) groups is 1. The van der Waals surface area contributed by atoms with Crippen molar-refractivity contribution >= 4 is 35.0 Å². The van der Waals surface area contributed by atoms with Gasteiger partial charge in [-0.2, -0.15) is 0 Å². The summed E-state index contributed by atoms with van der Waals surface area (Å²) in [5.74, 6) is 0.0577. The summed E-state index contributed by atoms with van der Waals surface area (Å²) in [7, 11) is 1.77. The first-order chi connectivity index (χ1) is 10.2. The summed E-state index contributed by atoms with van der Waals surface area (Å²) in [6, 6.07) is 7.42. The summed E-state index contributed by atoms with van der Waals surface area (Å²) in [6.45, 7) is 0.691. The van der Waals surface area contributed by atoms with E-state index in [4.69, 9.17) is 11.6 Å². The van der Waals surface area contributed by atoms with Crippen molar-refractivity contribution in [1.29, 1.82) is 0 Å². The van der Waals surface area contributed by atoms with Crippen molar-refractivity contribution in [1.82, 2.24) is 20.2 Å². The normalized spacial score (nSPS) is 19.0. The molecule has 0 radical (unpaired) electrons. The van der Waals surface area contributed by atoms with Gasteiger partial charge in [0.15, 0.2) is 0 Å². The van der Waals surface area contributed by atoms with Crippen LogP contribution in [0.3, 0.4) is 0 Å². The number of amides is 1. The van der Waals surface area contributed by atoms with Gasteiger partial charge in [-0.05, 0) is 35.4 Å². The van der Waals surface area contributed by atoms with Gasteiger partial charge < -0.3 is 4.90 Å². The van der Waals surface area contributed by atoms with E-state index in [-0.39, 0.29) is 11.2 Å². The van der Waals surface area contributed by atoms with Gasteiger partial charge in [-0.25, -0.2) is 4.68 Å². The van der Waals surface area contributed by atoms with Crippen LogP contribution < -0.4 is 4.90 Å². The third-order valence-electron chi connectivity index (χ3n) is 3.36. The van der Waals surface area contributed by atoms with Gasteiger partial charge in [-0.3, -0.25) is 4.79 Å². The lowest BCUT2D eigenvalue weighted by Gasteiger charge is -2.32. The Balaban J connectivity index is 1.81. The smallest absolute Gasteiger partial charge is 0.240 e. The van der Waals surface area contributed by atoms with Crippen LogP contribution in [0, 0.1) is 0 Å². The molecule has 8 heteroatoms. The predicted molar refractivity (Wildman–Crippen MR) is 81.5 cm³/mol. The molecule has 2 heterocycles. The Morgan fingerprint density at radius 1 is 1.38 bits per heavy atom. The molecule has 0 bridgehead atoms. The first kappa shape index (κ1) is 14.3. The van der Waals surface area contributed by atoms with Crippen LogP contribution in [0.15, 0.2) is 29.4 Å². The molecule has 1 aromatic heterocycles. The van der Waals surface area contributed by atoms with E-state index >= 15 is 0 Å².